The summed E-state index contributed by atoms with van der Waals surface area (Å²) in [4.78, 5) is 0. The molecular weight excluding hydrogens is 638 g/mol. The highest BCUT2D eigenvalue weighted by molar-refractivity contribution is 7.73. The Labute approximate surface area is 280 Å². The summed E-state index contributed by atoms with van der Waals surface area (Å²) in [6.07, 6.45) is -1.11. The lowest BCUT2D eigenvalue weighted by atomic mass is 10.0. The van der Waals surface area contributed by atoms with Crippen LogP contribution in [-0.2, 0) is 14.2 Å². The predicted molar refractivity (Wildman–Crippen MR) is 194 cm³/mol. The Bertz CT molecular complexity index is 2170. The third kappa shape index (κ3) is 5.63. The Morgan fingerprint density at radius 3 is 1.62 bits per heavy atom. The van der Waals surface area contributed by atoms with Crippen LogP contribution in [-0.4, -0.2) is 36.6 Å². The van der Waals surface area contributed by atoms with Crippen LogP contribution in [0.2, 0.25) is 0 Å². The molecule has 0 N–H and O–H groups in total. The van der Waals surface area contributed by atoms with Crippen molar-refractivity contribution >= 4 is 70.3 Å². The molecule has 4 atom stereocenters. The van der Waals surface area contributed by atoms with Crippen molar-refractivity contribution in [2.24, 2.45) is 0 Å². The second-order valence-corrected chi connectivity index (χ2v) is 16.1. The van der Waals surface area contributed by atoms with E-state index in [1.807, 2.05) is 26.0 Å². The van der Waals surface area contributed by atoms with Crippen LogP contribution in [0.15, 0.2) is 142 Å². The molecule has 2 saturated heterocycles. The number of ether oxygens (including phenoxy) is 3. The molecule has 240 valence electrons. The third-order valence-corrected chi connectivity index (χ3v) is 12.8. The first-order valence-electron chi connectivity index (χ1n) is 16.2. The average molecular weight is 673 g/mol. The maximum absolute atomic E-state index is 6.96. The largest absolute Gasteiger partial charge is 0.399 e. The minimum atomic E-state index is -1.92. The van der Waals surface area contributed by atoms with E-state index in [4.69, 9.17) is 27.1 Å². The Morgan fingerprint density at radius 2 is 1.10 bits per heavy atom. The Hall–Kier alpha value is -3.99. The van der Waals surface area contributed by atoms with Crippen molar-refractivity contribution in [1.29, 1.82) is 0 Å². The highest BCUT2D eigenvalue weighted by Crippen LogP contribution is 2.46. The van der Waals surface area contributed by atoms with E-state index in [-0.39, 0.29) is 6.10 Å². The van der Waals surface area contributed by atoms with Crippen molar-refractivity contribution in [3.63, 3.8) is 0 Å². The fraction of sp³-hybridized carbons (Fsp3) is 0.200. The van der Waals surface area contributed by atoms with E-state index in [1.165, 1.54) is 10.6 Å². The molecule has 7 aromatic rings. The van der Waals surface area contributed by atoms with E-state index in [0.717, 1.165) is 49.6 Å². The van der Waals surface area contributed by atoms with Gasteiger partial charge in [-0.1, -0.05) is 109 Å². The van der Waals surface area contributed by atoms with Crippen LogP contribution in [0.25, 0.3) is 43.5 Å². The standard InChI is InChI=1S/C40H34O6P2/c1-40(2)42-38-37(36(41-39(38)43-40)25-47(30-17-5-3-6-18-30)31-19-7-4-8-20-31)46-48-44-34-23-28-15-11-9-13-26(28)21-32(34)33-22-27-14-10-12-16-29(27)24-35(33)45-48/h3-24,36-39H,25H2,1-2H3/t36-,37+,38-,39-/m1/s1. The van der Waals surface area contributed by atoms with Gasteiger partial charge in [-0.2, -0.15) is 0 Å². The summed E-state index contributed by atoms with van der Waals surface area (Å²) in [6, 6.07) is 46.5. The van der Waals surface area contributed by atoms with Crippen molar-refractivity contribution in [2.45, 2.75) is 44.2 Å². The molecule has 3 heterocycles. The molecule has 1 aromatic heterocycles. The summed E-state index contributed by atoms with van der Waals surface area (Å²) in [5, 5.41) is 8.92. The van der Waals surface area contributed by atoms with Gasteiger partial charge in [-0.05, 0) is 78.2 Å². The number of benzene rings is 6. The quantitative estimate of drug-likeness (QED) is 0.164. The summed E-state index contributed by atoms with van der Waals surface area (Å²) in [6.45, 7) is 3.82. The van der Waals surface area contributed by atoms with E-state index in [0.29, 0.717) is 0 Å². The van der Waals surface area contributed by atoms with Crippen LogP contribution in [0.3, 0.4) is 0 Å². The molecule has 0 spiro atoms. The molecular formula is C40H34O6P2. The first kappa shape index (κ1) is 30.1. The lowest BCUT2D eigenvalue weighted by Crippen LogP contribution is -2.40. The molecule has 2 aliphatic heterocycles. The van der Waals surface area contributed by atoms with Gasteiger partial charge in [0.15, 0.2) is 12.1 Å². The van der Waals surface area contributed by atoms with Gasteiger partial charge in [0.05, 0.1) is 6.10 Å². The second kappa shape index (κ2) is 12.2. The molecule has 0 radical (unpaired) electrons. The molecule has 0 unspecified atom stereocenters. The van der Waals surface area contributed by atoms with Crippen LogP contribution < -0.4 is 15.1 Å². The number of rotatable bonds is 6. The van der Waals surface area contributed by atoms with Gasteiger partial charge in [-0.15, -0.1) is 0 Å². The highest BCUT2D eigenvalue weighted by atomic mass is 31.1. The zero-order chi connectivity index (χ0) is 32.2. The van der Waals surface area contributed by atoms with Gasteiger partial charge in [0.1, 0.15) is 23.4 Å². The van der Waals surface area contributed by atoms with Crippen LogP contribution >= 0.6 is 16.2 Å². The fourth-order valence-electron chi connectivity index (χ4n) is 6.91. The number of hydrogen-bond donors (Lipinski definition) is 0. The summed E-state index contributed by atoms with van der Waals surface area (Å²) < 4.78 is 39.8. The monoisotopic (exact) mass is 672 g/mol. The van der Waals surface area contributed by atoms with Gasteiger partial charge in [0.2, 0.25) is 0 Å². The van der Waals surface area contributed by atoms with Crippen molar-refractivity contribution in [2.75, 3.05) is 6.16 Å². The van der Waals surface area contributed by atoms with E-state index < -0.39 is 40.4 Å². The topological polar surface area (TPSA) is 63.2 Å². The van der Waals surface area contributed by atoms with Gasteiger partial charge >= 0.3 is 8.24 Å². The minimum absolute atomic E-state index is 0.326. The van der Waals surface area contributed by atoms with Crippen LogP contribution in [0.1, 0.15) is 13.8 Å². The normalized spacial score (nSPS) is 21.8. The van der Waals surface area contributed by atoms with E-state index >= 15 is 0 Å². The smallest absolute Gasteiger partial charge is 0.387 e. The Morgan fingerprint density at radius 1 is 0.625 bits per heavy atom. The fourth-order valence-corrected chi connectivity index (χ4v) is 10.5. The molecule has 0 bridgehead atoms. The maximum Gasteiger partial charge on any atom is 0.387 e. The Kier molecular flexibility index (Phi) is 7.62. The molecule has 9 rings (SSSR count). The SMILES string of the molecule is CC1(C)O[C@H]2O[C@H](CP(c3ccccc3)c3ccccc3)[C@H](Op3oc4cc5ccccc5cc4c4cc5ccccc5cc4o3)[C@H]2O1. The van der Waals surface area contributed by atoms with Crippen molar-refractivity contribution in [3.8, 4) is 0 Å². The summed E-state index contributed by atoms with van der Waals surface area (Å²) in [5.41, 5.74) is 1.45. The molecule has 48 heavy (non-hydrogen) atoms. The molecule has 8 heteroatoms. The zero-order valence-electron chi connectivity index (χ0n) is 26.6. The van der Waals surface area contributed by atoms with Crippen LogP contribution in [0.4, 0.5) is 0 Å². The van der Waals surface area contributed by atoms with Gasteiger partial charge in [-0.3, -0.25) is 4.52 Å². The summed E-state index contributed by atoms with van der Waals surface area (Å²) >= 11 is 0. The molecule has 0 aliphatic carbocycles. The molecule has 6 nitrogen and oxygen atoms in total. The third-order valence-electron chi connectivity index (χ3n) is 9.13. The van der Waals surface area contributed by atoms with E-state index in [2.05, 4.69) is 121 Å². The highest BCUT2D eigenvalue weighted by Gasteiger charge is 2.56. The molecule has 2 fully saturated rings. The van der Waals surface area contributed by atoms with Crippen LogP contribution in [0.5, 0.6) is 0 Å². The predicted octanol–water partition coefficient (Wildman–Crippen LogP) is 9.40. The van der Waals surface area contributed by atoms with E-state index in [9.17, 15) is 0 Å². The van der Waals surface area contributed by atoms with Gasteiger partial charge in [0, 0.05) is 16.9 Å². The Balaban J connectivity index is 1.18. The van der Waals surface area contributed by atoms with Crippen molar-refractivity contribution < 1.29 is 27.1 Å². The molecule has 0 saturated carbocycles. The summed E-state index contributed by atoms with van der Waals surface area (Å²) in [7, 11) is -2.69. The van der Waals surface area contributed by atoms with Crippen LogP contribution in [0, 0.1) is 0 Å². The first-order valence-corrected chi connectivity index (χ1v) is 18.9. The first-order chi connectivity index (χ1) is 23.5. The zero-order valence-corrected chi connectivity index (χ0v) is 28.4. The van der Waals surface area contributed by atoms with Gasteiger partial charge in [-0.25, -0.2) is 0 Å². The second-order valence-electron chi connectivity index (χ2n) is 12.8. The molecule has 0 amide bonds. The van der Waals surface area contributed by atoms with Gasteiger partial charge < -0.3 is 22.6 Å². The van der Waals surface area contributed by atoms with Gasteiger partial charge in [0.25, 0.3) is 0 Å². The average Bonchev–Trinajstić information content (AvgIpc) is 3.52. The van der Waals surface area contributed by atoms with E-state index in [1.54, 1.807) is 0 Å². The number of fused-ring (bicyclic) bond motifs is 6. The lowest BCUT2D eigenvalue weighted by Gasteiger charge is -2.28. The molecule has 2 aliphatic rings. The number of hydrogen-bond acceptors (Lipinski definition) is 6. The van der Waals surface area contributed by atoms with Crippen molar-refractivity contribution in [3.05, 3.63) is 133 Å². The molecule has 6 aromatic carbocycles. The summed E-state index contributed by atoms with van der Waals surface area (Å²) in [5.74, 6) is -0.805. The maximum atomic E-state index is 6.96. The van der Waals surface area contributed by atoms with Crippen molar-refractivity contribution in [1.82, 2.24) is 0 Å². The lowest BCUT2D eigenvalue weighted by molar-refractivity contribution is -0.209. The minimum Gasteiger partial charge on any atom is -0.399 e.